The van der Waals surface area contributed by atoms with E-state index in [-0.39, 0.29) is 5.56 Å². The van der Waals surface area contributed by atoms with Crippen molar-refractivity contribution < 1.29 is 13.9 Å². The van der Waals surface area contributed by atoms with Crippen LogP contribution in [0.15, 0.2) is 36.4 Å². The van der Waals surface area contributed by atoms with Crippen LogP contribution in [-0.2, 0) is 4.74 Å². The fourth-order valence-corrected chi connectivity index (χ4v) is 2.37. The van der Waals surface area contributed by atoms with Gasteiger partial charge in [0.05, 0.1) is 12.7 Å². The Morgan fingerprint density at radius 3 is 2.37 bits per heavy atom. The molecule has 0 heterocycles. The second-order valence-corrected chi connectivity index (χ2v) is 4.59. The van der Waals surface area contributed by atoms with Gasteiger partial charge in [0.1, 0.15) is 5.82 Å². The second-order valence-electron chi connectivity index (χ2n) is 3.78. The van der Waals surface area contributed by atoms with E-state index in [1.807, 2.05) is 0 Å². The lowest BCUT2D eigenvalue weighted by Gasteiger charge is -2.11. The lowest BCUT2D eigenvalue weighted by molar-refractivity contribution is 0.0601. The Bertz CT molecular complexity index is 621. The normalized spacial score (nSPS) is 10.3. The first-order chi connectivity index (χ1) is 9.04. The van der Waals surface area contributed by atoms with Crippen LogP contribution in [0.25, 0.3) is 11.1 Å². The van der Waals surface area contributed by atoms with E-state index in [0.29, 0.717) is 21.2 Å². The van der Waals surface area contributed by atoms with Crippen molar-refractivity contribution in [1.29, 1.82) is 0 Å². The fourth-order valence-electron chi connectivity index (χ4n) is 1.77. The number of ether oxygens (including phenoxy) is 1. The minimum absolute atomic E-state index is 0.0810. The molecule has 0 bridgehead atoms. The van der Waals surface area contributed by atoms with Gasteiger partial charge in [-0.2, -0.15) is 0 Å². The predicted molar refractivity (Wildman–Crippen MR) is 73.2 cm³/mol. The van der Waals surface area contributed by atoms with E-state index in [9.17, 15) is 9.18 Å². The van der Waals surface area contributed by atoms with Crippen LogP contribution >= 0.6 is 23.2 Å². The molecule has 5 heteroatoms. The second kappa shape index (κ2) is 5.59. The van der Waals surface area contributed by atoms with Gasteiger partial charge in [0.15, 0.2) is 0 Å². The van der Waals surface area contributed by atoms with Crippen molar-refractivity contribution in [2.45, 2.75) is 0 Å². The van der Waals surface area contributed by atoms with Gasteiger partial charge in [-0.3, -0.25) is 0 Å². The number of methoxy groups -OCH3 is 1. The smallest absolute Gasteiger partial charge is 0.338 e. The number of carbonyl (C=O) groups is 1. The molecule has 0 aliphatic heterocycles. The third-order valence-electron chi connectivity index (χ3n) is 2.62. The van der Waals surface area contributed by atoms with E-state index < -0.39 is 11.8 Å². The van der Waals surface area contributed by atoms with Crippen LogP contribution in [0.5, 0.6) is 0 Å². The van der Waals surface area contributed by atoms with Gasteiger partial charge in [0.2, 0.25) is 0 Å². The summed E-state index contributed by atoms with van der Waals surface area (Å²) in [6.45, 7) is 0. The SMILES string of the molecule is COC(=O)c1cc(F)ccc1-c1c(Cl)cccc1Cl. The quantitative estimate of drug-likeness (QED) is 0.758. The van der Waals surface area contributed by atoms with Crippen molar-refractivity contribution in [2.24, 2.45) is 0 Å². The van der Waals surface area contributed by atoms with Gasteiger partial charge in [0.25, 0.3) is 0 Å². The Labute approximate surface area is 119 Å². The Morgan fingerprint density at radius 1 is 1.16 bits per heavy atom. The lowest BCUT2D eigenvalue weighted by Crippen LogP contribution is -2.04. The highest BCUT2D eigenvalue weighted by Crippen LogP contribution is 2.36. The summed E-state index contributed by atoms with van der Waals surface area (Å²) in [5.74, 6) is -1.18. The summed E-state index contributed by atoms with van der Waals surface area (Å²) < 4.78 is 17.9. The summed E-state index contributed by atoms with van der Waals surface area (Å²) in [5, 5.41) is 0.758. The molecule has 0 spiro atoms. The molecule has 2 aromatic rings. The minimum atomic E-state index is -0.648. The number of carbonyl (C=O) groups excluding carboxylic acids is 1. The fraction of sp³-hybridized carbons (Fsp3) is 0.0714. The minimum Gasteiger partial charge on any atom is -0.465 e. The molecular formula is C14H9Cl2FO2. The van der Waals surface area contributed by atoms with Crippen LogP contribution < -0.4 is 0 Å². The summed E-state index contributed by atoms with van der Waals surface area (Å²) in [6.07, 6.45) is 0. The Kier molecular flexibility index (Phi) is 4.08. The molecule has 2 rings (SSSR count). The molecule has 0 N–H and O–H groups in total. The maximum Gasteiger partial charge on any atom is 0.338 e. The van der Waals surface area contributed by atoms with Crippen LogP contribution in [0, 0.1) is 5.82 Å². The maximum atomic E-state index is 13.3. The standard InChI is InChI=1S/C14H9Cl2FO2/c1-19-14(18)10-7-8(17)5-6-9(10)13-11(15)3-2-4-12(13)16/h2-7H,1H3. The van der Waals surface area contributed by atoms with E-state index in [4.69, 9.17) is 23.2 Å². The van der Waals surface area contributed by atoms with Gasteiger partial charge in [0, 0.05) is 15.6 Å². The number of esters is 1. The van der Waals surface area contributed by atoms with Gasteiger partial charge >= 0.3 is 5.97 Å². The van der Waals surface area contributed by atoms with Crippen LogP contribution in [0.2, 0.25) is 10.0 Å². The van der Waals surface area contributed by atoms with Crippen molar-refractivity contribution in [1.82, 2.24) is 0 Å². The predicted octanol–water partition coefficient (Wildman–Crippen LogP) is 4.59. The van der Waals surface area contributed by atoms with E-state index >= 15 is 0 Å². The highest BCUT2D eigenvalue weighted by atomic mass is 35.5. The number of hydrogen-bond acceptors (Lipinski definition) is 2. The van der Waals surface area contributed by atoms with Crippen LogP contribution in [0.1, 0.15) is 10.4 Å². The first kappa shape index (κ1) is 13.8. The lowest BCUT2D eigenvalue weighted by atomic mass is 9.99. The number of halogens is 3. The Hall–Kier alpha value is -1.58. The van der Waals surface area contributed by atoms with Gasteiger partial charge < -0.3 is 4.74 Å². The molecular weight excluding hydrogens is 290 g/mol. The van der Waals surface area contributed by atoms with E-state index in [1.165, 1.54) is 19.2 Å². The molecule has 0 radical (unpaired) electrons. The van der Waals surface area contributed by atoms with Gasteiger partial charge in [-0.05, 0) is 29.8 Å². The molecule has 0 saturated heterocycles. The van der Waals surface area contributed by atoms with Crippen molar-refractivity contribution in [3.63, 3.8) is 0 Å². The van der Waals surface area contributed by atoms with Gasteiger partial charge in [-0.1, -0.05) is 35.3 Å². The third-order valence-corrected chi connectivity index (χ3v) is 3.25. The topological polar surface area (TPSA) is 26.3 Å². The average molecular weight is 299 g/mol. The molecule has 0 aliphatic rings. The van der Waals surface area contributed by atoms with Crippen molar-refractivity contribution in [3.05, 3.63) is 57.8 Å². The molecule has 2 nitrogen and oxygen atoms in total. The molecule has 98 valence electrons. The van der Waals surface area contributed by atoms with Crippen LogP contribution in [0.4, 0.5) is 4.39 Å². The summed E-state index contributed by atoms with van der Waals surface area (Å²) in [5.41, 5.74) is 0.993. The number of rotatable bonds is 2. The van der Waals surface area contributed by atoms with Crippen molar-refractivity contribution in [2.75, 3.05) is 7.11 Å². The molecule has 0 unspecified atom stereocenters. The molecule has 0 atom stereocenters. The van der Waals surface area contributed by atoms with Crippen LogP contribution in [-0.4, -0.2) is 13.1 Å². The Morgan fingerprint density at radius 2 is 1.79 bits per heavy atom. The summed E-state index contributed by atoms with van der Waals surface area (Å²) in [4.78, 5) is 11.7. The third kappa shape index (κ3) is 2.72. The number of benzene rings is 2. The monoisotopic (exact) mass is 298 g/mol. The molecule has 0 amide bonds. The van der Waals surface area contributed by atoms with Gasteiger partial charge in [-0.15, -0.1) is 0 Å². The van der Waals surface area contributed by atoms with Crippen molar-refractivity contribution >= 4 is 29.2 Å². The first-order valence-corrected chi connectivity index (χ1v) is 6.12. The largest absolute Gasteiger partial charge is 0.465 e. The molecule has 0 fully saturated rings. The van der Waals surface area contributed by atoms with Crippen molar-refractivity contribution in [3.8, 4) is 11.1 Å². The molecule has 0 aromatic heterocycles. The maximum absolute atomic E-state index is 13.3. The zero-order valence-electron chi connectivity index (χ0n) is 9.91. The summed E-state index contributed by atoms with van der Waals surface area (Å²) >= 11 is 12.2. The van der Waals surface area contributed by atoms with Crippen LogP contribution in [0.3, 0.4) is 0 Å². The van der Waals surface area contributed by atoms with E-state index in [2.05, 4.69) is 4.74 Å². The molecule has 19 heavy (non-hydrogen) atoms. The molecule has 0 saturated carbocycles. The Balaban J connectivity index is 2.72. The van der Waals surface area contributed by atoms with E-state index in [0.717, 1.165) is 6.07 Å². The molecule has 0 aliphatic carbocycles. The highest BCUT2D eigenvalue weighted by molar-refractivity contribution is 6.39. The first-order valence-electron chi connectivity index (χ1n) is 5.37. The van der Waals surface area contributed by atoms with E-state index in [1.54, 1.807) is 18.2 Å². The summed E-state index contributed by atoms with van der Waals surface area (Å²) in [6, 6.07) is 8.77. The molecule has 2 aromatic carbocycles. The zero-order chi connectivity index (χ0) is 14.0. The summed E-state index contributed by atoms with van der Waals surface area (Å²) in [7, 11) is 1.23. The number of hydrogen-bond donors (Lipinski definition) is 0. The highest BCUT2D eigenvalue weighted by Gasteiger charge is 2.18. The van der Waals surface area contributed by atoms with Gasteiger partial charge in [-0.25, -0.2) is 9.18 Å². The average Bonchev–Trinajstić information content (AvgIpc) is 2.39. The zero-order valence-corrected chi connectivity index (χ0v) is 11.4.